The van der Waals surface area contributed by atoms with Crippen LogP contribution in [0.3, 0.4) is 0 Å². The van der Waals surface area contributed by atoms with Crippen molar-refractivity contribution in [1.29, 1.82) is 0 Å². The number of piperidine rings is 1. The van der Waals surface area contributed by atoms with Crippen LogP contribution in [-0.2, 0) is 11.0 Å². The van der Waals surface area contributed by atoms with Gasteiger partial charge in [-0.25, -0.2) is 0 Å². The SMILES string of the molecule is Cc1ccccc1C1CCN(C2CCC(NC(=O)/C=C/c3ccccc3C(F)(F)F)CC2)CC1. The lowest BCUT2D eigenvalue weighted by Gasteiger charge is -2.41. The number of carbonyl (C=O) groups excluding carboxylic acids is 1. The van der Waals surface area contributed by atoms with Crippen molar-refractivity contribution in [2.45, 2.75) is 69.6 Å². The van der Waals surface area contributed by atoms with Crippen molar-refractivity contribution in [3.05, 3.63) is 76.9 Å². The first-order valence-electron chi connectivity index (χ1n) is 12.3. The molecule has 0 atom stereocenters. The molecule has 0 unspecified atom stereocenters. The highest BCUT2D eigenvalue weighted by Gasteiger charge is 2.32. The van der Waals surface area contributed by atoms with Gasteiger partial charge in [0.05, 0.1) is 5.56 Å². The van der Waals surface area contributed by atoms with Gasteiger partial charge in [0.2, 0.25) is 5.91 Å². The second-order valence-electron chi connectivity index (χ2n) is 9.60. The van der Waals surface area contributed by atoms with Crippen LogP contribution in [0.25, 0.3) is 6.08 Å². The minimum absolute atomic E-state index is 0.00274. The molecule has 1 heterocycles. The van der Waals surface area contributed by atoms with E-state index in [2.05, 4.69) is 41.4 Å². The van der Waals surface area contributed by atoms with Crippen molar-refractivity contribution in [3.63, 3.8) is 0 Å². The molecule has 0 bridgehead atoms. The van der Waals surface area contributed by atoms with Crippen LogP contribution in [0, 0.1) is 6.92 Å². The Labute approximate surface area is 200 Å². The van der Waals surface area contributed by atoms with Crippen molar-refractivity contribution in [2.75, 3.05) is 13.1 Å². The van der Waals surface area contributed by atoms with Crippen molar-refractivity contribution in [3.8, 4) is 0 Å². The molecule has 0 aromatic heterocycles. The number of benzene rings is 2. The van der Waals surface area contributed by atoms with E-state index < -0.39 is 11.7 Å². The molecule has 1 N–H and O–H groups in total. The van der Waals surface area contributed by atoms with Gasteiger partial charge in [0.25, 0.3) is 0 Å². The molecular formula is C28H33F3N2O. The molecule has 34 heavy (non-hydrogen) atoms. The van der Waals surface area contributed by atoms with Crippen molar-refractivity contribution >= 4 is 12.0 Å². The standard InChI is InChI=1S/C28H33F3N2O/c1-20-6-2-4-8-25(20)21-16-18-33(19-17-21)24-13-11-23(12-14-24)32-27(34)15-10-22-7-3-5-9-26(22)28(29,30)31/h2-10,15,21,23-24H,11-14,16-19H2,1H3,(H,32,34)/b15-10+. The molecule has 0 radical (unpaired) electrons. The summed E-state index contributed by atoms with van der Waals surface area (Å²) < 4.78 is 39.4. The Morgan fingerprint density at radius 3 is 2.26 bits per heavy atom. The van der Waals surface area contributed by atoms with Gasteiger partial charge in [-0.3, -0.25) is 4.79 Å². The third kappa shape index (κ3) is 6.09. The summed E-state index contributed by atoms with van der Waals surface area (Å²) in [5, 5.41) is 2.98. The summed E-state index contributed by atoms with van der Waals surface area (Å²) in [4.78, 5) is 14.9. The molecular weight excluding hydrogens is 437 g/mol. The number of nitrogens with one attached hydrogen (secondary N) is 1. The molecule has 182 valence electrons. The Kier molecular flexibility index (Phi) is 7.77. The topological polar surface area (TPSA) is 32.3 Å². The van der Waals surface area contributed by atoms with E-state index >= 15 is 0 Å². The van der Waals surface area contributed by atoms with Crippen molar-refractivity contribution < 1.29 is 18.0 Å². The molecule has 6 heteroatoms. The number of likely N-dealkylation sites (tertiary alicyclic amines) is 1. The number of halogens is 3. The lowest BCUT2D eigenvalue weighted by molar-refractivity contribution is -0.137. The van der Waals surface area contributed by atoms with E-state index in [0.29, 0.717) is 12.0 Å². The van der Waals surface area contributed by atoms with E-state index in [-0.39, 0.29) is 17.5 Å². The Morgan fingerprint density at radius 2 is 1.59 bits per heavy atom. The molecule has 1 aliphatic heterocycles. The number of aryl methyl sites for hydroxylation is 1. The highest BCUT2D eigenvalue weighted by molar-refractivity contribution is 5.92. The second kappa shape index (κ2) is 10.8. The summed E-state index contributed by atoms with van der Waals surface area (Å²) in [6.07, 6.45) is 4.29. The van der Waals surface area contributed by atoms with Crippen LogP contribution < -0.4 is 5.32 Å². The lowest BCUT2D eigenvalue weighted by atomic mass is 9.84. The fourth-order valence-electron chi connectivity index (χ4n) is 5.52. The van der Waals surface area contributed by atoms with Crippen LogP contribution in [0.2, 0.25) is 0 Å². The van der Waals surface area contributed by atoms with Crippen LogP contribution in [0.15, 0.2) is 54.6 Å². The molecule has 2 aromatic carbocycles. The van der Waals surface area contributed by atoms with E-state index in [4.69, 9.17) is 0 Å². The molecule has 3 nitrogen and oxygen atoms in total. The van der Waals surface area contributed by atoms with Gasteiger partial charge in [-0.1, -0.05) is 42.5 Å². The van der Waals surface area contributed by atoms with Gasteiger partial charge in [0, 0.05) is 18.2 Å². The highest BCUT2D eigenvalue weighted by atomic mass is 19.4. The third-order valence-electron chi connectivity index (χ3n) is 7.40. The maximum atomic E-state index is 13.1. The fraction of sp³-hybridized carbons (Fsp3) is 0.464. The Hall–Kier alpha value is -2.60. The molecule has 2 fully saturated rings. The number of amides is 1. The van der Waals surface area contributed by atoms with Gasteiger partial charge in [-0.05, 0) is 93.3 Å². The molecule has 1 saturated carbocycles. The maximum absolute atomic E-state index is 13.1. The lowest BCUT2D eigenvalue weighted by Crippen LogP contribution is -2.46. The van der Waals surface area contributed by atoms with Crippen LogP contribution in [0.5, 0.6) is 0 Å². The average Bonchev–Trinajstić information content (AvgIpc) is 2.83. The molecule has 1 saturated heterocycles. The summed E-state index contributed by atoms with van der Waals surface area (Å²) in [7, 11) is 0. The first-order valence-corrected chi connectivity index (χ1v) is 12.3. The van der Waals surface area contributed by atoms with E-state index in [9.17, 15) is 18.0 Å². The number of alkyl halides is 3. The summed E-state index contributed by atoms with van der Waals surface area (Å²) in [6, 6.07) is 14.6. The van der Waals surface area contributed by atoms with Crippen LogP contribution in [-0.4, -0.2) is 36.0 Å². The first kappa shape index (κ1) is 24.5. The molecule has 1 amide bonds. The Balaban J connectivity index is 1.23. The maximum Gasteiger partial charge on any atom is 0.416 e. The van der Waals surface area contributed by atoms with Crippen LogP contribution in [0.4, 0.5) is 13.2 Å². The highest BCUT2D eigenvalue weighted by Crippen LogP contribution is 2.34. The summed E-state index contributed by atoms with van der Waals surface area (Å²) in [5.74, 6) is 0.307. The monoisotopic (exact) mass is 470 g/mol. The van der Waals surface area contributed by atoms with E-state index in [1.165, 1.54) is 54.3 Å². The third-order valence-corrected chi connectivity index (χ3v) is 7.40. The summed E-state index contributed by atoms with van der Waals surface area (Å²) >= 11 is 0. The molecule has 1 aliphatic carbocycles. The number of hydrogen-bond donors (Lipinski definition) is 1. The Morgan fingerprint density at radius 1 is 0.941 bits per heavy atom. The largest absolute Gasteiger partial charge is 0.416 e. The van der Waals surface area contributed by atoms with Gasteiger partial charge in [0.1, 0.15) is 0 Å². The smallest absolute Gasteiger partial charge is 0.350 e. The first-order chi connectivity index (χ1) is 16.3. The zero-order valence-electron chi connectivity index (χ0n) is 19.7. The van der Waals surface area contributed by atoms with Gasteiger partial charge in [-0.15, -0.1) is 0 Å². The number of rotatable bonds is 5. The van der Waals surface area contributed by atoms with Gasteiger partial charge in [0.15, 0.2) is 0 Å². The summed E-state index contributed by atoms with van der Waals surface area (Å²) in [5.41, 5.74) is 2.14. The van der Waals surface area contributed by atoms with E-state index in [1.807, 2.05) is 0 Å². The zero-order chi connectivity index (χ0) is 24.1. The quantitative estimate of drug-likeness (QED) is 0.518. The van der Waals surface area contributed by atoms with Gasteiger partial charge < -0.3 is 10.2 Å². The Bertz CT molecular complexity index is 1000. The predicted molar refractivity (Wildman–Crippen MR) is 129 cm³/mol. The number of hydrogen-bond acceptors (Lipinski definition) is 2. The van der Waals surface area contributed by atoms with Crippen molar-refractivity contribution in [1.82, 2.24) is 10.2 Å². The summed E-state index contributed by atoms with van der Waals surface area (Å²) in [6.45, 7) is 4.42. The van der Waals surface area contributed by atoms with Crippen LogP contribution >= 0.6 is 0 Å². The molecule has 2 aliphatic rings. The normalized spacial score (nSPS) is 22.7. The molecule has 0 spiro atoms. The van der Waals surface area contributed by atoms with Gasteiger partial charge >= 0.3 is 6.18 Å². The molecule has 2 aromatic rings. The van der Waals surface area contributed by atoms with Gasteiger partial charge in [-0.2, -0.15) is 13.2 Å². The van der Waals surface area contributed by atoms with Crippen LogP contribution in [0.1, 0.15) is 66.7 Å². The number of carbonyl (C=O) groups is 1. The minimum Gasteiger partial charge on any atom is -0.350 e. The fourth-order valence-corrected chi connectivity index (χ4v) is 5.52. The zero-order valence-corrected chi connectivity index (χ0v) is 19.7. The van der Waals surface area contributed by atoms with E-state index in [1.54, 1.807) is 0 Å². The van der Waals surface area contributed by atoms with Crippen molar-refractivity contribution in [2.24, 2.45) is 0 Å². The minimum atomic E-state index is -4.44. The second-order valence-corrected chi connectivity index (χ2v) is 9.60. The molecule has 4 rings (SSSR count). The predicted octanol–water partition coefficient (Wildman–Crippen LogP) is 6.33. The average molecular weight is 471 g/mol. The van der Waals surface area contributed by atoms with E-state index in [0.717, 1.165) is 44.8 Å². The number of nitrogens with zero attached hydrogens (tertiary/aromatic N) is 1.